The Hall–Kier alpha value is -1.54. The lowest BCUT2D eigenvalue weighted by Crippen LogP contribution is -1.99. The van der Waals surface area contributed by atoms with Crippen LogP contribution < -0.4 is 4.74 Å². The molecule has 1 aromatic carbocycles. The van der Waals surface area contributed by atoms with Crippen LogP contribution in [-0.2, 0) is 0 Å². The highest BCUT2D eigenvalue weighted by molar-refractivity contribution is 6.31. The third-order valence-electron chi connectivity index (χ3n) is 3.09. The monoisotopic (exact) mass is 259 g/mol. The van der Waals surface area contributed by atoms with Gasteiger partial charge in [0, 0.05) is 5.39 Å². The lowest BCUT2D eigenvalue weighted by Gasteiger charge is -2.10. The maximum Gasteiger partial charge on any atom is 0.146 e. The van der Waals surface area contributed by atoms with E-state index in [1.54, 1.807) is 0 Å². The molecule has 1 fully saturated rings. The van der Waals surface area contributed by atoms with Gasteiger partial charge in [0.25, 0.3) is 0 Å². The highest BCUT2D eigenvalue weighted by Crippen LogP contribution is 2.34. The number of halogens is 1. The fourth-order valence-electron chi connectivity index (χ4n) is 1.92. The second-order valence-electron chi connectivity index (χ2n) is 4.67. The van der Waals surface area contributed by atoms with E-state index >= 15 is 0 Å². The molecule has 1 heterocycles. The number of nitrogens with zero attached hydrogens (tertiary/aromatic N) is 1. The van der Waals surface area contributed by atoms with Crippen LogP contribution in [0, 0.1) is 6.92 Å². The summed E-state index contributed by atoms with van der Waals surface area (Å²) in [4.78, 5) is 4.54. The van der Waals surface area contributed by atoms with E-state index in [1.165, 1.54) is 0 Å². The smallest absolute Gasteiger partial charge is 0.146 e. The molecule has 0 atom stereocenters. The molecule has 0 unspecified atom stereocenters. The van der Waals surface area contributed by atoms with Gasteiger partial charge >= 0.3 is 0 Å². The van der Waals surface area contributed by atoms with Gasteiger partial charge in [-0.2, -0.15) is 0 Å². The lowest BCUT2D eigenvalue weighted by molar-refractivity contribution is 0.306. The molecule has 2 nitrogen and oxygen atoms in total. The second-order valence-corrected chi connectivity index (χ2v) is 5.07. The zero-order valence-electron chi connectivity index (χ0n) is 10.2. The molecule has 3 heteroatoms. The SMILES string of the molecule is C=Cc1cc(OC2CC2)c2nc(C)c(Cl)cc2c1. The maximum atomic E-state index is 6.12. The van der Waals surface area contributed by atoms with Gasteiger partial charge in [0.2, 0.25) is 0 Å². The number of benzene rings is 1. The topological polar surface area (TPSA) is 22.1 Å². The Morgan fingerprint density at radius 2 is 2.17 bits per heavy atom. The van der Waals surface area contributed by atoms with Crippen molar-refractivity contribution < 1.29 is 4.74 Å². The van der Waals surface area contributed by atoms with Gasteiger partial charge < -0.3 is 4.74 Å². The molecule has 0 N–H and O–H groups in total. The van der Waals surface area contributed by atoms with Crippen molar-refractivity contribution in [1.29, 1.82) is 0 Å². The van der Waals surface area contributed by atoms with Gasteiger partial charge in [0.05, 0.1) is 16.8 Å². The Kier molecular flexibility index (Phi) is 2.75. The van der Waals surface area contributed by atoms with Crippen LogP contribution in [0.15, 0.2) is 24.8 Å². The highest BCUT2D eigenvalue weighted by Gasteiger charge is 2.24. The summed E-state index contributed by atoms with van der Waals surface area (Å²) in [6, 6.07) is 5.96. The maximum absolute atomic E-state index is 6.12. The summed E-state index contributed by atoms with van der Waals surface area (Å²) in [5, 5.41) is 1.68. The summed E-state index contributed by atoms with van der Waals surface area (Å²) in [7, 11) is 0. The largest absolute Gasteiger partial charge is 0.488 e. The minimum Gasteiger partial charge on any atom is -0.488 e. The average Bonchev–Trinajstić information content (AvgIpc) is 3.15. The van der Waals surface area contributed by atoms with Crippen LogP contribution in [-0.4, -0.2) is 11.1 Å². The first kappa shape index (κ1) is 11.5. The second kappa shape index (κ2) is 4.29. The van der Waals surface area contributed by atoms with E-state index in [0.29, 0.717) is 11.1 Å². The van der Waals surface area contributed by atoms with Gasteiger partial charge in [0.15, 0.2) is 0 Å². The molecule has 0 bridgehead atoms. The van der Waals surface area contributed by atoms with E-state index in [0.717, 1.165) is 40.8 Å². The third-order valence-corrected chi connectivity index (χ3v) is 3.47. The number of fused-ring (bicyclic) bond motifs is 1. The van der Waals surface area contributed by atoms with E-state index in [9.17, 15) is 0 Å². The van der Waals surface area contributed by atoms with Gasteiger partial charge in [-0.05, 0) is 43.5 Å². The Morgan fingerprint density at radius 3 is 2.83 bits per heavy atom. The van der Waals surface area contributed by atoms with Crippen LogP contribution in [0.2, 0.25) is 5.02 Å². The predicted molar refractivity (Wildman–Crippen MR) is 75.2 cm³/mol. The first-order chi connectivity index (χ1) is 8.67. The minimum atomic E-state index is 0.353. The molecule has 0 amide bonds. The molecule has 1 aliphatic rings. The van der Waals surface area contributed by atoms with Crippen molar-refractivity contribution in [3.8, 4) is 5.75 Å². The molecule has 3 rings (SSSR count). The fraction of sp³-hybridized carbons (Fsp3) is 0.267. The van der Waals surface area contributed by atoms with Gasteiger partial charge in [-0.15, -0.1) is 0 Å². The number of rotatable bonds is 3. The molecular formula is C15H14ClNO. The molecule has 0 aliphatic heterocycles. The Labute approximate surface area is 111 Å². The van der Waals surface area contributed by atoms with Crippen molar-refractivity contribution in [2.24, 2.45) is 0 Å². The van der Waals surface area contributed by atoms with E-state index in [4.69, 9.17) is 16.3 Å². The van der Waals surface area contributed by atoms with Crippen LogP contribution >= 0.6 is 11.6 Å². The number of aryl methyl sites for hydroxylation is 1. The Balaban J connectivity index is 2.22. The van der Waals surface area contributed by atoms with Gasteiger partial charge in [-0.3, -0.25) is 0 Å². The summed E-state index contributed by atoms with van der Waals surface area (Å²) >= 11 is 6.12. The van der Waals surface area contributed by atoms with Crippen molar-refractivity contribution in [3.05, 3.63) is 41.1 Å². The van der Waals surface area contributed by atoms with Crippen molar-refractivity contribution >= 4 is 28.6 Å². The summed E-state index contributed by atoms with van der Waals surface area (Å²) in [5.74, 6) is 0.838. The van der Waals surface area contributed by atoms with Crippen molar-refractivity contribution in [3.63, 3.8) is 0 Å². The van der Waals surface area contributed by atoms with Crippen molar-refractivity contribution in [2.45, 2.75) is 25.9 Å². The van der Waals surface area contributed by atoms with Crippen LogP contribution in [0.1, 0.15) is 24.1 Å². The Bertz CT molecular complexity index is 632. The number of pyridine rings is 1. The molecule has 18 heavy (non-hydrogen) atoms. The van der Waals surface area contributed by atoms with E-state index in [1.807, 2.05) is 31.2 Å². The molecule has 1 aromatic heterocycles. The molecule has 1 aliphatic carbocycles. The Morgan fingerprint density at radius 1 is 1.39 bits per heavy atom. The van der Waals surface area contributed by atoms with Gasteiger partial charge in [-0.25, -0.2) is 4.98 Å². The van der Waals surface area contributed by atoms with E-state index in [2.05, 4.69) is 11.6 Å². The molecule has 0 saturated heterocycles. The fourth-order valence-corrected chi connectivity index (χ4v) is 2.08. The third kappa shape index (κ3) is 2.08. The van der Waals surface area contributed by atoms with Crippen LogP contribution in [0.5, 0.6) is 5.75 Å². The quantitative estimate of drug-likeness (QED) is 0.816. The van der Waals surface area contributed by atoms with E-state index < -0.39 is 0 Å². The summed E-state index contributed by atoms with van der Waals surface area (Å²) < 4.78 is 5.92. The normalized spacial score (nSPS) is 14.8. The van der Waals surface area contributed by atoms with E-state index in [-0.39, 0.29) is 0 Å². The minimum absolute atomic E-state index is 0.353. The van der Waals surface area contributed by atoms with Crippen molar-refractivity contribution in [1.82, 2.24) is 4.98 Å². The molecular weight excluding hydrogens is 246 g/mol. The highest BCUT2D eigenvalue weighted by atomic mass is 35.5. The number of hydrogen-bond acceptors (Lipinski definition) is 2. The number of hydrogen-bond donors (Lipinski definition) is 0. The lowest BCUT2D eigenvalue weighted by atomic mass is 10.1. The number of ether oxygens (including phenoxy) is 1. The number of aromatic nitrogens is 1. The first-order valence-corrected chi connectivity index (χ1v) is 6.45. The molecule has 0 radical (unpaired) electrons. The summed E-state index contributed by atoms with van der Waals surface area (Å²) in [5.41, 5.74) is 2.74. The molecule has 2 aromatic rings. The zero-order valence-corrected chi connectivity index (χ0v) is 11.0. The summed E-state index contributed by atoms with van der Waals surface area (Å²) in [6.45, 7) is 5.71. The van der Waals surface area contributed by atoms with Gasteiger partial charge in [0.1, 0.15) is 11.3 Å². The molecule has 92 valence electrons. The standard InChI is InChI=1S/C15H14ClNO/c1-3-10-6-11-8-13(16)9(2)17-15(11)14(7-10)18-12-4-5-12/h3,6-8,12H,1,4-5H2,2H3. The molecule has 0 spiro atoms. The van der Waals surface area contributed by atoms with Crippen molar-refractivity contribution in [2.75, 3.05) is 0 Å². The first-order valence-electron chi connectivity index (χ1n) is 6.07. The molecule has 1 saturated carbocycles. The van der Waals surface area contributed by atoms with Crippen LogP contribution in [0.4, 0.5) is 0 Å². The zero-order chi connectivity index (χ0) is 12.7. The van der Waals surface area contributed by atoms with Crippen LogP contribution in [0.3, 0.4) is 0 Å². The average molecular weight is 260 g/mol. The predicted octanol–water partition coefficient (Wildman–Crippen LogP) is 4.38. The summed E-state index contributed by atoms with van der Waals surface area (Å²) in [6.07, 6.45) is 4.43. The van der Waals surface area contributed by atoms with Crippen LogP contribution in [0.25, 0.3) is 17.0 Å². The van der Waals surface area contributed by atoms with Gasteiger partial charge in [-0.1, -0.05) is 24.3 Å².